The largest absolute Gasteiger partial charge is 0.298 e. The Hall–Kier alpha value is -1.52. The van der Waals surface area contributed by atoms with Crippen molar-refractivity contribution in [2.45, 2.75) is 84.0 Å². The number of nitrogens with zero attached hydrogens (tertiary/aromatic N) is 1. The second-order valence-corrected chi connectivity index (χ2v) is 10.1. The molecule has 1 saturated heterocycles. The van der Waals surface area contributed by atoms with Crippen LogP contribution < -0.4 is 0 Å². The normalized spacial score (nSPS) is 36.4. The molecule has 1 aliphatic heterocycles. The highest BCUT2D eigenvalue weighted by Gasteiger charge is 2.54. The van der Waals surface area contributed by atoms with Crippen LogP contribution in [0, 0.1) is 29.1 Å². The average Bonchev–Trinajstić information content (AvgIpc) is 2.91. The van der Waals surface area contributed by atoms with Crippen molar-refractivity contribution in [2.24, 2.45) is 29.1 Å². The Kier molecular flexibility index (Phi) is 5.45. The number of unbranched alkanes of at least 4 members (excludes halogenated alkanes) is 3. The van der Waals surface area contributed by atoms with Crippen LogP contribution in [0.25, 0.3) is 0 Å². The van der Waals surface area contributed by atoms with E-state index in [-0.39, 0.29) is 35.9 Å². The van der Waals surface area contributed by atoms with Crippen molar-refractivity contribution < 1.29 is 19.2 Å². The lowest BCUT2D eigenvalue weighted by molar-refractivity contribution is -0.146. The van der Waals surface area contributed by atoms with Crippen molar-refractivity contribution in [1.82, 2.24) is 4.90 Å². The molecule has 5 nitrogen and oxygen atoms in total. The average molecular weight is 388 g/mol. The van der Waals surface area contributed by atoms with Crippen molar-refractivity contribution in [3.8, 4) is 0 Å². The zero-order valence-electron chi connectivity index (χ0n) is 17.1. The Balaban J connectivity index is 1.37. The molecule has 0 spiro atoms. The maximum Gasteiger partial charge on any atom is 0.247 e. The molecule has 4 bridgehead atoms. The molecule has 0 aromatic rings. The molecule has 5 rings (SSSR count). The Morgan fingerprint density at radius 3 is 2.14 bits per heavy atom. The van der Waals surface area contributed by atoms with Crippen LogP contribution in [0.5, 0.6) is 0 Å². The van der Waals surface area contributed by atoms with Crippen molar-refractivity contribution in [2.75, 3.05) is 6.54 Å². The van der Waals surface area contributed by atoms with Gasteiger partial charge >= 0.3 is 0 Å². The van der Waals surface area contributed by atoms with Gasteiger partial charge in [-0.15, -0.1) is 0 Å². The minimum atomic E-state index is -1.22. The molecule has 28 heavy (non-hydrogen) atoms. The van der Waals surface area contributed by atoms with Gasteiger partial charge < -0.3 is 0 Å². The molecule has 5 aliphatic rings. The number of hydrogen-bond donors (Lipinski definition) is 0. The number of likely N-dealkylation sites (tertiary alicyclic amines) is 1. The zero-order chi connectivity index (χ0) is 19.9. The standard InChI is InChI=1S/C23H33NO4/c1-2-3-4-5-6-20(27)24-14-19(26)21(22(24)28)18(25)13-23-10-15-7-16(11-23)9-17(8-15)12-23/h15-17,21H,2-14H2,1H3. The Bertz CT molecular complexity index is 647. The number of rotatable bonds is 8. The van der Waals surface area contributed by atoms with E-state index in [0.717, 1.165) is 67.6 Å². The summed E-state index contributed by atoms with van der Waals surface area (Å²) in [5, 5.41) is 0. The smallest absolute Gasteiger partial charge is 0.247 e. The quantitative estimate of drug-likeness (QED) is 0.470. The Morgan fingerprint density at radius 1 is 0.964 bits per heavy atom. The third-order valence-corrected chi connectivity index (χ3v) is 7.73. The Labute approximate surface area is 167 Å². The van der Waals surface area contributed by atoms with Gasteiger partial charge in [-0.1, -0.05) is 26.2 Å². The van der Waals surface area contributed by atoms with E-state index in [0.29, 0.717) is 6.42 Å². The second-order valence-electron chi connectivity index (χ2n) is 10.1. The fourth-order valence-electron chi connectivity index (χ4n) is 6.96. The molecule has 1 heterocycles. The maximum atomic E-state index is 13.0. The molecule has 0 aromatic heterocycles. The molecule has 154 valence electrons. The highest BCUT2D eigenvalue weighted by molar-refractivity contribution is 6.26. The first-order valence-corrected chi connectivity index (χ1v) is 11.3. The van der Waals surface area contributed by atoms with Gasteiger partial charge in [0.2, 0.25) is 11.8 Å². The highest BCUT2D eigenvalue weighted by Crippen LogP contribution is 2.61. The number of hydrogen-bond acceptors (Lipinski definition) is 4. The van der Waals surface area contributed by atoms with Crippen molar-refractivity contribution >= 4 is 23.4 Å². The highest BCUT2D eigenvalue weighted by atomic mass is 16.2. The lowest BCUT2D eigenvalue weighted by atomic mass is 9.48. The molecule has 1 atom stereocenters. The summed E-state index contributed by atoms with van der Waals surface area (Å²) in [5.74, 6) is -0.465. The lowest BCUT2D eigenvalue weighted by Gasteiger charge is -2.56. The topological polar surface area (TPSA) is 71.5 Å². The molecular formula is C23H33NO4. The first-order valence-electron chi connectivity index (χ1n) is 11.3. The first-order chi connectivity index (χ1) is 13.4. The van der Waals surface area contributed by atoms with E-state index < -0.39 is 11.8 Å². The van der Waals surface area contributed by atoms with Crippen LogP contribution in [0.3, 0.4) is 0 Å². The van der Waals surface area contributed by atoms with Gasteiger partial charge in [0.25, 0.3) is 0 Å². The number of imide groups is 1. The predicted molar refractivity (Wildman–Crippen MR) is 104 cm³/mol. The summed E-state index contributed by atoms with van der Waals surface area (Å²) in [7, 11) is 0. The molecule has 4 aliphatic carbocycles. The minimum absolute atomic E-state index is 0.0178. The summed E-state index contributed by atoms with van der Waals surface area (Å²) in [6.45, 7) is 1.90. The van der Waals surface area contributed by atoms with E-state index in [2.05, 4.69) is 6.92 Å². The van der Waals surface area contributed by atoms with Crippen LogP contribution in [0.2, 0.25) is 0 Å². The van der Waals surface area contributed by atoms with Gasteiger partial charge in [0.1, 0.15) is 0 Å². The third kappa shape index (κ3) is 3.69. The van der Waals surface area contributed by atoms with Crippen molar-refractivity contribution in [3.63, 3.8) is 0 Å². The van der Waals surface area contributed by atoms with Gasteiger partial charge in [0.05, 0.1) is 6.54 Å². The van der Waals surface area contributed by atoms with Crippen LogP contribution in [-0.2, 0) is 19.2 Å². The van der Waals surface area contributed by atoms with E-state index in [1.165, 1.54) is 19.3 Å². The summed E-state index contributed by atoms with van der Waals surface area (Å²) in [6, 6.07) is 0. The first kappa shape index (κ1) is 19.8. The zero-order valence-corrected chi connectivity index (χ0v) is 17.1. The molecule has 0 radical (unpaired) electrons. The third-order valence-electron chi connectivity index (χ3n) is 7.73. The van der Waals surface area contributed by atoms with Crippen LogP contribution in [0.15, 0.2) is 0 Å². The van der Waals surface area contributed by atoms with E-state index in [1.54, 1.807) is 0 Å². The van der Waals surface area contributed by atoms with Gasteiger partial charge in [0.15, 0.2) is 17.5 Å². The van der Waals surface area contributed by atoms with Gasteiger partial charge in [-0.2, -0.15) is 0 Å². The molecule has 5 fully saturated rings. The van der Waals surface area contributed by atoms with Gasteiger partial charge in [-0.25, -0.2) is 0 Å². The number of carbonyl (C=O) groups is 4. The van der Waals surface area contributed by atoms with Crippen LogP contribution in [-0.4, -0.2) is 34.8 Å². The summed E-state index contributed by atoms with van der Waals surface area (Å²) in [5.41, 5.74) is 0.0178. The number of Topliss-reactive ketones (excluding diaryl/α,β-unsaturated/α-hetero) is 2. The summed E-state index contributed by atoms with van der Waals surface area (Å²) in [4.78, 5) is 51.7. The minimum Gasteiger partial charge on any atom is -0.298 e. The van der Waals surface area contributed by atoms with Crippen molar-refractivity contribution in [3.05, 3.63) is 0 Å². The van der Waals surface area contributed by atoms with E-state index in [1.807, 2.05) is 0 Å². The van der Waals surface area contributed by atoms with Gasteiger partial charge in [-0.3, -0.25) is 24.1 Å². The van der Waals surface area contributed by atoms with E-state index >= 15 is 0 Å². The van der Waals surface area contributed by atoms with E-state index in [9.17, 15) is 19.2 Å². The van der Waals surface area contributed by atoms with Crippen LogP contribution >= 0.6 is 0 Å². The van der Waals surface area contributed by atoms with Gasteiger partial charge in [0, 0.05) is 12.8 Å². The molecule has 0 aromatic carbocycles. The fourth-order valence-corrected chi connectivity index (χ4v) is 6.96. The molecule has 5 heteroatoms. The number of amides is 2. The summed E-state index contributed by atoms with van der Waals surface area (Å²) in [6.07, 6.45) is 11.6. The molecule has 0 N–H and O–H groups in total. The summed E-state index contributed by atoms with van der Waals surface area (Å²) < 4.78 is 0. The monoisotopic (exact) mass is 387 g/mol. The summed E-state index contributed by atoms with van der Waals surface area (Å²) >= 11 is 0. The second kappa shape index (κ2) is 7.72. The van der Waals surface area contributed by atoms with Crippen molar-refractivity contribution in [1.29, 1.82) is 0 Å². The molecule has 4 saturated carbocycles. The van der Waals surface area contributed by atoms with Crippen LogP contribution in [0.1, 0.15) is 84.0 Å². The van der Waals surface area contributed by atoms with Gasteiger partial charge in [-0.05, 0) is 68.1 Å². The molecule has 1 unspecified atom stereocenters. The SMILES string of the molecule is CCCCCCC(=O)N1CC(=O)C(C(=O)CC23CC4CC(CC(C4)C2)C3)C1=O. The predicted octanol–water partition coefficient (Wildman–Crippen LogP) is 3.69. The number of carbonyl (C=O) groups excluding carboxylic acids is 4. The fraction of sp³-hybridized carbons (Fsp3) is 0.826. The Morgan fingerprint density at radius 2 is 1.57 bits per heavy atom. The van der Waals surface area contributed by atoms with Crippen LogP contribution in [0.4, 0.5) is 0 Å². The molecular weight excluding hydrogens is 354 g/mol. The lowest BCUT2D eigenvalue weighted by Crippen LogP contribution is -2.48. The number of ketones is 2. The van der Waals surface area contributed by atoms with E-state index in [4.69, 9.17) is 0 Å². The molecule has 2 amide bonds. The maximum absolute atomic E-state index is 13.0.